The van der Waals surface area contributed by atoms with E-state index < -0.39 is 66.9 Å². The average molecular weight is 546 g/mol. The molecule has 0 amide bonds. The third kappa shape index (κ3) is 4.66. The molecule has 35 heavy (non-hydrogen) atoms. The van der Waals surface area contributed by atoms with Crippen LogP contribution < -0.4 is 0 Å². The van der Waals surface area contributed by atoms with Crippen molar-refractivity contribution in [3.63, 3.8) is 0 Å². The summed E-state index contributed by atoms with van der Waals surface area (Å²) in [5.41, 5.74) is 0. The summed E-state index contributed by atoms with van der Waals surface area (Å²) in [6.45, 7) is 1.03. The molecule has 0 aromatic carbocycles. The van der Waals surface area contributed by atoms with Crippen molar-refractivity contribution in [2.24, 2.45) is 29.6 Å². The molecule has 16 heteroatoms. The summed E-state index contributed by atoms with van der Waals surface area (Å²) >= 11 is 0. The highest BCUT2D eigenvalue weighted by Gasteiger charge is 2.84. The summed E-state index contributed by atoms with van der Waals surface area (Å²) in [4.78, 5) is 12.1. The SMILES string of the molecule is CC1C2CC(C(=O)OCC(F)(F)C(F)(F)CC(F)(F)C(F)(F)C(F)(F)C(F)(F)C(F)F)C(C2)C1C. The molecule has 5 atom stereocenters. The molecule has 206 valence electrons. The molecule has 0 aromatic rings. The monoisotopic (exact) mass is 546 g/mol. The maximum Gasteiger partial charge on any atom is 0.384 e. The number of esters is 1. The van der Waals surface area contributed by atoms with Crippen LogP contribution in [0.1, 0.15) is 33.1 Å². The maximum absolute atomic E-state index is 13.9. The fourth-order valence-electron chi connectivity index (χ4n) is 4.68. The standard InChI is InChI=1S/C19H20F14O2/c1-7-8(2)10-3-9(7)4-11(10)12(34)35-6-16(26,27)14(22,23)5-15(24,25)18(30,31)19(32,33)17(28,29)13(20)21/h7-11,13H,3-6H2,1-2H3. The van der Waals surface area contributed by atoms with E-state index in [2.05, 4.69) is 4.74 Å². The highest BCUT2D eigenvalue weighted by atomic mass is 19.4. The zero-order valence-electron chi connectivity index (χ0n) is 17.9. The normalized spacial score (nSPS) is 28.7. The van der Waals surface area contributed by atoms with Crippen molar-refractivity contribution in [2.45, 2.75) is 75.1 Å². The van der Waals surface area contributed by atoms with Gasteiger partial charge < -0.3 is 4.74 Å². The van der Waals surface area contributed by atoms with Gasteiger partial charge in [0.05, 0.1) is 12.3 Å². The number of alkyl halides is 14. The molecule has 0 N–H and O–H groups in total. The van der Waals surface area contributed by atoms with E-state index in [1.165, 1.54) is 0 Å². The molecule has 2 saturated carbocycles. The van der Waals surface area contributed by atoms with Gasteiger partial charge in [0.25, 0.3) is 0 Å². The summed E-state index contributed by atoms with van der Waals surface area (Å²) < 4.78 is 190. The van der Waals surface area contributed by atoms with Gasteiger partial charge in [-0.2, -0.15) is 52.7 Å². The van der Waals surface area contributed by atoms with Gasteiger partial charge in [0.2, 0.25) is 0 Å². The van der Waals surface area contributed by atoms with Crippen LogP contribution >= 0.6 is 0 Å². The fraction of sp³-hybridized carbons (Fsp3) is 0.947. The Bertz CT molecular complexity index is 794. The van der Waals surface area contributed by atoms with E-state index in [4.69, 9.17) is 0 Å². The lowest BCUT2D eigenvalue weighted by Crippen LogP contribution is -2.65. The molecule has 2 fully saturated rings. The Morgan fingerprint density at radius 3 is 1.71 bits per heavy atom. The predicted molar refractivity (Wildman–Crippen MR) is 89.3 cm³/mol. The van der Waals surface area contributed by atoms with Crippen LogP contribution in [0, 0.1) is 29.6 Å². The first-order valence-corrected chi connectivity index (χ1v) is 10.2. The summed E-state index contributed by atoms with van der Waals surface area (Å²) in [5.74, 6) is -44.1. The Morgan fingerprint density at radius 2 is 1.29 bits per heavy atom. The minimum Gasteiger partial charge on any atom is -0.459 e. The van der Waals surface area contributed by atoms with Gasteiger partial charge >= 0.3 is 47.9 Å². The molecule has 0 heterocycles. The third-order valence-corrected chi connectivity index (χ3v) is 7.12. The number of hydrogen-bond donors (Lipinski definition) is 0. The van der Waals surface area contributed by atoms with Crippen LogP contribution in [0.5, 0.6) is 0 Å². The second-order valence-corrected chi connectivity index (χ2v) is 9.19. The van der Waals surface area contributed by atoms with Crippen molar-refractivity contribution in [1.82, 2.24) is 0 Å². The summed E-state index contributed by atoms with van der Waals surface area (Å²) in [5, 5.41) is 0. The highest BCUT2D eigenvalue weighted by Crippen LogP contribution is 2.58. The lowest BCUT2D eigenvalue weighted by Gasteiger charge is -2.38. The molecule has 2 nitrogen and oxygen atoms in total. The lowest BCUT2D eigenvalue weighted by atomic mass is 9.76. The van der Waals surface area contributed by atoms with Gasteiger partial charge in [-0.15, -0.1) is 0 Å². The Morgan fingerprint density at radius 1 is 0.771 bits per heavy atom. The smallest absolute Gasteiger partial charge is 0.384 e. The van der Waals surface area contributed by atoms with Crippen molar-refractivity contribution in [1.29, 1.82) is 0 Å². The van der Waals surface area contributed by atoms with Gasteiger partial charge in [0.15, 0.2) is 6.61 Å². The minimum atomic E-state index is -7.61. The average Bonchev–Trinajstić information content (AvgIpc) is 3.24. The Hall–Kier alpha value is -1.51. The molecule has 2 aliphatic rings. The molecule has 0 saturated heterocycles. The van der Waals surface area contributed by atoms with E-state index in [0.717, 1.165) is 0 Å². The molecule has 5 unspecified atom stereocenters. The Balaban J connectivity index is 2.14. The zero-order chi connectivity index (χ0) is 27.6. The fourth-order valence-corrected chi connectivity index (χ4v) is 4.68. The molecule has 2 rings (SSSR count). The zero-order valence-corrected chi connectivity index (χ0v) is 17.9. The van der Waals surface area contributed by atoms with Gasteiger partial charge in [-0.25, -0.2) is 8.78 Å². The van der Waals surface area contributed by atoms with Crippen LogP contribution in [0.25, 0.3) is 0 Å². The van der Waals surface area contributed by atoms with E-state index in [0.29, 0.717) is 6.42 Å². The first-order chi connectivity index (χ1) is 15.4. The van der Waals surface area contributed by atoms with E-state index in [-0.39, 0.29) is 30.1 Å². The first kappa shape index (κ1) is 29.7. The lowest BCUT2D eigenvalue weighted by molar-refractivity contribution is -0.393. The maximum atomic E-state index is 13.9. The van der Waals surface area contributed by atoms with Crippen molar-refractivity contribution in [3.8, 4) is 0 Å². The van der Waals surface area contributed by atoms with Crippen molar-refractivity contribution in [3.05, 3.63) is 0 Å². The van der Waals surface area contributed by atoms with Crippen molar-refractivity contribution >= 4 is 5.97 Å². The van der Waals surface area contributed by atoms with E-state index in [9.17, 15) is 66.3 Å². The van der Waals surface area contributed by atoms with Gasteiger partial charge in [-0.3, -0.25) is 4.79 Å². The van der Waals surface area contributed by atoms with Crippen molar-refractivity contribution < 1.29 is 71.0 Å². The third-order valence-electron chi connectivity index (χ3n) is 7.12. The largest absolute Gasteiger partial charge is 0.459 e. The van der Waals surface area contributed by atoms with Gasteiger partial charge in [0.1, 0.15) is 0 Å². The highest BCUT2D eigenvalue weighted by molar-refractivity contribution is 5.73. The predicted octanol–water partition coefficient (Wildman–Crippen LogP) is 6.92. The molecule has 2 bridgehead atoms. The first-order valence-electron chi connectivity index (χ1n) is 10.2. The topological polar surface area (TPSA) is 26.3 Å². The molecule has 0 radical (unpaired) electrons. The number of hydrogen-bond acceptors (Lipinski definition) is 2. The van der Waals surface area contributed by atoms with Crippen molar-refractivity contribution in [2.75, 3.05) is 6.61 Å². The van der Waals surface area contributed by atoms with Crippen LogP contribution in [0.4, 0.5) is 61.5 Å². The number of rotatable bonds is 10. The number of fused-ring (bicyclic) bond motifs is 2. The molecule has 0 aromatic heterocycles. The van der Waals surface area contributed by atoms with Gasteiger partial charge in [0, 0.05) is 0 Å². The summed E-state index contributed by atoms with van der Waals surface area (Å²) in [6.07, 6.45) is -9.07. The van der Waals surface area contributed by atoms with Crippen LogP contribution in [-0.4, -0.2) is 54.5 Å². The minimum absolute atomic E-state index is 0.0171. The number of ether oxygens (including phenoxy) is 1. The second kappa shape index (κ2) is 8.80. The second-order valence-electron chi connectivity index (χ2n) is 9.19. The molecular weight excluding hydrogens is 526 g/mol. The number of halogens is 14. The van der Waals surface area contributed by atoms with Gasteiger partial charge in [-0.05, 0) is 36.5 Å². The molecule has 0 spiro atoms. The van der Waals surface area contributed by atoms with E-state index in [1.54, 1.807) is 6.92 Å². The molecule has 0 aliphatic heterocycles. The quantitative estimate of drug-likeness (QED) is 0.220. The Labute approximate surface area is 189 Å². The van der Waals surface area contributed by atoms with Crippen LogP contribution in [-0.2, 0) is 9.53 Å². The van der Waals surface area contributed by atoms with E-state index >= 15 is 0 Å². The van der Waals surface area contributed by atoms with Crippen LogP contribution in [0.2, 0.25) is 0 Å². The number of carbonyl (C=O) groups excluding carboxylic acids is 1. The van der Waals surface area contributed by atoms with Crippen LogP contribution in [0.3, 0.4) is 0 Å². The van der Waals surface area contributed by atoms with E-state index in [1.807, 2.05) is 6.92 Å². The number of carbonyl (C=O) groups is 1. The van der Waals surface area contributed by atoms with Gasteiger partial charge in [-0.1, -0.05) is 13.8 Å². The molecule has 2 aliphatic carbocycles. The van der Waals surface area contributed by atoms with Crippen LogP contribution in [0.15, 0.2) is 0 Å². The molecular formula is C19H20F14O2. The summed E-state index contributed by atoms with van der Waals surface area (Å²) in [7, 11) is 0. The Kier molecular flexibility index (Phi) is 7.48. The summed E-state index contributed by atoms with van der Waals surface area (Å²) in [6, 6.07) is 0.